The van der Waals surface area contributed by atoms with Crippen LogP contribution in [-0.4, -0.2) is 22.3 Å². The molecule has 3 aromatic rings. The van der Waals surface area contributed by atoms with Crippen LogP contribution >= 0.6 is 0 Å². The zero-order valence-electron chi connectivity index (χ0n) is 15.8. The van der Waals surface area contributed by atoms with E-state index in [1.165, 1.54) is 6.07 Å². The van der Waals surface area contributed by atoms with Crippen LogP contribution in [0.15, 0.2) is 48.7 Å². The molecule has 0 radical (unpaired) electrons. The number of rotatable bonds is 5. The van der Waals surface area contributed by atoms with E-state index < -0.39 is 17.5 Å². The second-order valence-corrected chi connectivity index (χ2v) is 6.82. The summed E-state index contributed by atoms with van der Waals surface area (Å²) in [6.45, 7) is 1.09. The first-order valence-electron chi connectivity index (χ1n) is 9.25. The van der Waals surface area contributed by atoms with Gasteiger partial charge in [-0.05, 0) is 24.3 Å². The van der Waals surface area contributed by atoms with Gasteiger partial charge in [-0.25, -0.2) is 8.78 Å². The van der Waals surface area contributed by atoms with Gasteiger partial charge in [-0.2, -0.15) is 5.10 Å². The van der Waals surface area contributed by atoms with E-state index in [1.54, 1.807) is 23.0 Å². The molecule has 0 bridgehead atoms. The fraction of sp³-hybridized carbons (Fsp3) is 0.238. The van der Waals surface area contributed by atoms with Gasteiger partial charge in [0.1, 0.15) is 5.75 Å². The summed E-state index contributed by atoms with van der Waals surface area (Å²) in [4.78, 5) is 12.7. The van der Waals surface area contributed by atoms with Gasteiger partial charge in [-0.1, -0.05) is 12.1 Å². The molecule has 0 spiro atoms. The van der Waals surface area contributed by atoms with Crippen molar-refractivity contribution in [1.29, 1.82) is 0 Å². The smallest absolute Gasteiger partial charge is 0.259 e. The van der Waals surface area contributed by atoms with Crippen molar-refractivity contribution < 1.29 is 18.3 Å². The van der Waals surface area contributed by atoms with E-state index in [1.807, 2.05) is 19.2 Å². The lowest BCUT2D eigenvalue weighted by Gasteiger charge is -2.28. The fourth-order valence-corrected chi connectivity index (χ4v) is 3.39. The molecule has 1 amide bonds. The Balaban J connectivity index is 1.54. The molecule has 2 N–H and O–H groups in total. The summed E-state index contributed by atoms with van der Waals surface area (Å²) in [5, 5.41) is 10.2. The summed E-state index contributed by atoms with van der Waals surface area (Å²) in [7, 11) is 1.88. The average molecular weight is 398 g/mol. The number of halogens is 2. The summed E-state index contributed by atoms with van der Waals surface area (Å²) in [6, 6.07) is 10.5. The Hall–Kier alpha value is -3.26. The van der Waals surface area contributed by atoms with Crippen molar-refractivity contribution in [3.05, 3.63) is 77.1 Å². The molecule has 6 nitrogen and oxygen atoms in total. The summed E-state index contributed by atoms with van der Waals surface area (Å²) < 4.78 is 34.1. The number of fused-ring (bicyclic) bond motifs is 1. The second-order valence-electron chi connectivity index (χ2n) is 6.82. The van der Waals surface area contributed by atoms with Gasteiger partial charge in [0.05, 0.1) is 17.9 Å². The number of nitrogens with zero attached hydrogens (tertiary/aromatic N) is 2. The molecule has 2 heterocycles. The number of amides is 1. The van der Waals surface area contributed by atoms with Gasteiger partial charge in [0.15, 0.2) is 11.6 Å². The molecular weight excluding hydrogens is 378 g/mol. The van der Waals surface area contributed by atoms with Crippen LogP contribution in [-0.2, 0) is 13.6 Å². The predicted octanol–water partition coefficient (Wildman–Crippen LogP) is 3.56. The molecule has 2 aromatic carbocycles. The van der Waals surface area contributed by atoms with Crippen LogP contribution < -0.4 is 15.4 Å². The Morgan fingerprint density at radius 2 is 2.10 bits per heavy atom. The predicted molar refractivity (Wildman–Crippen MR) is 104 cm³/mol. The van der Waals surface area contributed by atoms with Gasteiger partial charge >= 0.3 is 0 Å². The van der Waals surface area contributed by atoms with Crippen LogP contribution in [0.1, 0.15) is 34.1 Å². The van der Waals surface area contributed by atoms with Crippen LogP contribution in [0.3, 0.4) is 0 Å². The maximum atomic E-state index is 13.4. The normalized spacial score (nSPS) is 15.5. The van der Waals surface area contributed by atoms with Gasteiger partial charge < -0.3 is 15.4 Å². The van der Waals surface area contributed by atoms with Crippen molar-refractivity contribution in [1.82, 2.24) is 15.1 Å². The van der Waals surface area contributed by atoms with Crippen LogP contribution in [0.5, 0.6) is 5.75 Å². The maximum Gasteiger partial charge on any atom is 0.259 e. The van der Waals surface area contributed by atoms with E-state index in [0.717, 1.165) is 29.8 Å². The highest BCUT2D eigenvalue weighted by Gasteiger charge is 2.26. The van der Waals surface area contributed by atoms with E-state index in [2.05, 4.69) is 15.7 Å². The van der Waals surface area contributed by atoms with E-state index in [9.17, 15) is 13.6 Å². The number of anilines is 1. The zero-order chi connectivity index (χ0) is 20.4. The zero-order valence-corrected chi connectivity index (χ0v) is 15.8. The van der Waals surface area contributed by atoms with E-state index in [4.69, 9.17) is 4.74 Å². The summed E-state index contributed by atoms with van der Waals surface area (Å²) in [5.41, 5.74) is 2.45. The van der Waals surface area contributed by atoms with Crippen molar-refractivity contribution in [2.24, 2.45) is 7.05 Å². The number of hydrogen-bond acceptors (Lipinski definition) is 4. The number of aryl methyl sites for hydroxylation is 1. The number of hydrogen-bond donors (Lipinski definition) is 2. The van der Waals surface area contributed by atoms with Crippen LogP contribution in [0, 0.1) is 11.6 Å². The van der Waals surface area contributed by atoms with E-state index in [-0.39, 0.29) is 11.7 Å². The van der Waals surface area contributed by atoms with Crippen LogP contribution in [0.25, 0.3) is 0 Å². The number of benzene rings is 2. The summed E-state index contributed by atoms with van der Waals surface area (Å²) in [6.07, 6.45) is 2.51. The minimum atomic E-state index is -1.02. The largest absolute Gasteiger partial charge is 0.492 e. The second kappa shape index (κ2) is 8.00. The molecule has 0 saturated carbocycles. The minimum absolute atomic E-state index is 0.0182. The maximum absolute atomic E-state index is 13.4. The van der Waals surface area contributed by atoms with Crippen LogP contribution in [0.4, 0.5) is 14.5 Å². The third-order valence-electron chi connectivity index (χ3n) is 4.95. The Kier molecular flexibility index (Phi) is 5.26. The van der Waals surface area contributed by atoms with Crippen molar-refractivity contribution in [3.8, 4) is 5.75 Å². The molecule has 8 heteroatoms. The minimum Gasteiger partial charge on any atom is -0.492 e. The van der Waals surface area contributed by atoms with Gasteiger partial charge in [-0.3, -0.25) is 9.48 Å². The summed E-state index contributed by atoms with van der Waals surface area (Å²) >= 11 is 0. The molecule has 0 fully saturated rings. The third-order valence-corrected chi connectivity index (χ3v) is 4.95. The number of nitrogens with one attached hydrogen (secondary N) is 2. The highest BCUT2D eigenvalue weighted by Crippen LogP contribution is 2.35. The number of aromatic nitrogens is 2. The van der Waals surface area contributed by atoms with Crippen molar-refractivity contribution in [2.45, 2.75) is 19.0 Å². The Morgan fingerprint density at radius 1 is 1.24 bits per heavy atom. The lowest BCUT2D eigenvalue weighted by molar-refractivity contribution is 0.102. The third kappa shape index (κ3) is 3.97. The molecule has 1 atom stereocenters. The molecule has 0 saturated heterocycles. The molecule has 1 aliphatic rings. The van der Waals surface area contributed by atoms with Gasteiger partial charge in [-0.15, -0.1) is 0 Å². The molecule has 1 aromatic heterocycles. The average Bonchev–Trinajstić information content (AvgIpc) is 3.13. The van der Waals surface area contributed by atoms with E-state index >= 15 is 0 Å². The monoisotopic (exact) mass is 398 g/mol. The van der Waals surface area contributed by atoms with Gasteiger partial charge in [0.25, 0.3) is 5.91 Å². The number of ether oxygens (including phenoxy) is 1. The molecule has 150 valence electrons. The summed E-state index contributed by atoms with van der Waals surface area (Å²) in [5.74, 6) is -1.93. The van der Waals surface area contributed by atoms with E-state index in [0.29, 0.717) is 24.5 Å². The first kappa shape index (κ1) is 19.1. The van der Waals surface area contributed by atoms with Crippen molar-refractivity contribution >= 4 is 11.6 Å². The molecule has 1 unspecified atom stereocenters. The standard InChI is InChI=1S/C21H20F2N4O2/c1-27-14(7-9-25-27)12-24-19-8-10-29-20-15(19)3-2-4-16(20)21(28)26-13-5-6-17(22)18(23)11-13/h2-7,9,11,19,24H,8,10,12H2,1H3,(H,26,28). The van der Waals surface area contributed by atoms with Crippen molar-refractivity contribution in [3.63, 3.8) is 0 Å². The number of carbonyl (C=O) groups excluding carboxylic acids is 1. The Bertz CT molecular complexity index is 1050. The topological polar surface area (TPSA) is 68.2 Å². The lowest BCUT2D eigenvalue weighted by atomic mass is 9.97. The number of carbonyl (C=O) groups is 1. The molecule has 1 aliphatic heterocycles. The molecular formula is C21H20F2N4O2. The Morgan fingerprint density at radius 3 is 2.86 bits per heavy atom. The SMILES string of the molecule is Cn1nccc1CNC1CCOc2c(C(=O)Nc3ccc(F)c(F)c3)cccc21. The van der Waals surface area contributed by atoms with Gasteiger partial charge in [0.2, 0.25) is 0 Å². The lowest BCUT2D eigenvalue weighted by Crippen LogP contribution is -2.28. The first-order chi connectivity index (χ1) is 14.0. The highest BCUT2D eigenvalue weighted by molar-refractivity contribution is 6.06. The quantitative estimate of drug-likeness (QED) is 0.690. The van der Waals surface area contributed by atoms with Gasteiger partial charge in [0, 0.05) is 49.6 Å². The molecule has 0 aliphatic carbocycles. The van der Waals surface area contributed by atoms with Crippen LogP contribution in [0.2, 0.25) is 0 Å². The number of para-hydroxylation sites is 1. The first-order valence-corrected chi connectivity index (χ1v) is 9.25. The molecule has 29 heavy (non-hydrogen) atoms. The Labute approximate surface area is 166 Å². The highest BCUT2D eigenvalue weighted by atomic mass is 19.2. The molecule has 4 rings (SSSR count). The fourth-order valence-electron chi connectivity index (χ4n) is 3.39. The van der Waals surface area contributed by atoms with Crippen molar-refractivity contribution in [2.75, 3.05) is 11.9 Å².